The van der Waals surface area contributed by atoms with Crippen LogP contribution >= 0.6 is 0 Å². The fraction of sp³-hybridized carbons (Fsp3) is 0.474. The quantitative estimate of drug-likeness (QED) is 0.655. The van der Waals surface area contributed by atoms with Crippen LogP contribution in [-0.2, 0) is 6.54 Å². The SMILES string of the molecule is CCCCC(N)c1nc(C(=O)NCc2cc(OC)c(OC)c(OC)c2)co1. The topological polar surface area (TPSA) is 109 Å². The van der Waals surface area contributed by atoms with E-state index in [2.05, 4.69) is 17.2 Å². The van der Waals surface area contributed by atoms with Crippen LogP contribution in [0, 0.1) is 0 Å². The van der Waals surface area contributed by atoms with E-state index < -0.39 is 0 Å². The molecule has 8 nitrogen and oxygen atoms in total. The Hall–Kier alpha value is -2.74. The molecule has 1 atom stereocenters. The highest BCUT2D eigenvalue weighted by atomic mass is 16.5. The monoisotopic (exact) mass is 377 g/mol. The maximum absolute atomic E-state index is 12.3. The number of rotatable bonds is 10. The minimum atomic E-state index is -0.346. The summed E-state index contributed by atoms with van der Waals surface area (Å²) >= 11 is 0. The Bertz CT molecular complexity index is 735. The van der Waals surface area contributed by atoms with Gasteiger partial charge >= 0.3 is 0 Å². The van der Waals surface area contributed by atoms with E-state index in [0.717, 1.165) is 24.8 Å². The molecule has 27 heavy (non-hydrogen) atoms. The smallest absolute Gasteiger partial charge is 0.273 e. The third-order valence-corrected chi connectivity index (χ3v) is 4.12. The van der Waals surface area contributed by atoms with Crippen molar-refractivity contribution in [2.24, 2.45) is 5.73 Å². The van der Waals surface area contributed by atoms with Crippen LogP contribution in [0.15, 0.2) is 22.8 Å². The van der Waals surface area contributed by atoms with Gasteiger partial charge < -0.3 is 29.7 Å². The summed E-state index contributed by atoms with van der Waals surface area (Å²) in [6.45, 7) is 2.35. The first-order valence-electron chi connectivity index (χ1n) is 8.82. The molecule has 1 amide bonds. The van der Waals surface area contributed by atoms with E-state index in [-0.39, 0.29) is 24.2 Å². The first-order valence-corrected chi connectivity index (χ1v) is 8.82. The number of unbranched alkanes of at least 4 members (excludes halogenated alkanes) is 1. The van der Waals surface area contributed by atoms with E-state index in [0.29, 0.717) is 23.1 Å². The van der Waals surface area contributed by atoms with Gasteiger partial charge in [-0.2, -0.15) is 0 Å². The highest BCUT2D eigenvalue weighted by Crippen LogP contribution is 2.38. The molecular weight excluding hydrogens is 350 g/mol. The lowest BCUT2D eigenvalue weighted by Gasteiger charge is -2.14. The van der Waals surface area contributed by atoms with Gasteiger partial charge in [0, 0.05) is 6.54 Å². The molecule has 8 heteroatoms. The Balaban J connectivity index is 2.04. The minimum absolute atomic E-state index is 0.199. The maximum atomic E-state index is 12.3. The number of ether oxygens (including phenoxy) is 3. The highest BCUT2D eigenvalue weighted by Gasteiger charge is 2.18. The molecule has 0 bridgehead atoms. The second-order valence-corrected chi connectivity index (χ2v) is 6.04. The molecule has 0 saturated heterocycles. The van der Waals surface area contributed by atoms with E-state index >= 15 is 0 Å². The molecule has 0 radical (unpaired) electrons. The van der Waals surface area contributed by atoms with Gasteiger partial charge in [0.15, 0.2) is 17.2 Å². The molecule has 0 spiro atoms. The van der Waals surface area contributed by atoms with Crippen LogP contribution in [0.3, 0.4) is 0 Å². The van der Waals surface area contributed by atoms with Gasteiger partial charge in [-0.25, -0.2) is 4.98 Å². The third kappa shape index (κ3) is 5.13. The van der Waals surface area contributed by atoms with Gasteiger partial charge in [-0.1, -0.05) is 19.8 Å². The number of nitrogens with zero attached hydrogens (tertiary/aromatic N) is 1. The van der Waals surface area contributed by atoms with Gasteiger partial charge in [0.25, 0.3) is 5.91 Å². The van der Waals surface area contributed by atoms with Crippen molar-refractivity contribution in [1.29, 1.82) is 0 Å². The number of methoxy groups -OCH3 is 3. The van der Waals surface area contributed by atoms with Gasteiger partial charge in [-0.3, -0.25) is 4.79 Å². The maximum Gasteiger partial charge on any atom is 0.273 e. The highest BCUT2D eigenvalue weighted by molar-refractivity contribution is 5.91. The normalized spacial score (nSPS) is 11.7. The van der Waals surface area contributed by atoms with Gasteiger partial charge in [-0.05, 0) is 24.1 Å². The first kappa shape index (κ1) is 20.6. The summed E-state index contributed by atoms with van der Waals surface area (Å²) in [5, 5.41) is 2.80. The Labute approximate surface area is 159 Å². The van der Waals surface area contributed by atoms with Crippen LogP contribution in [0.1, 0.15) is 54.2 Å². The van der Waals surface area contributed by atoms with Crippen molar-refractivity contribution in [3.63, 3.8) is 0 Å². The van der Waals surface area contributed by atoms with E-state index in [1.165, 1.54) is 13.4 Å². The van der Waals surface area contributed by atoms with Crippen LogP contribution in [0.25, 0.3) is 0 Å². The summed E-state index contributed by atoms with van der Waals surface area (Å²) in [4.78, 5) is 16.5. The third-order valence-electron chi connectivity index (χ3n) is 4.12. The summed E-state index contributed by atoms with van der Waals surface area (Å²) in [7, 11) is 4.62. The Morgan fingerprint density at radius 3 is 2.44 bits per heavy atom. The fourth-order valence-electron chi connectivity index (χ4n) is 2.62. The summed E-state index contributed by atoms with van der Waals surface area (Å²) in [5.74, 6) is 1.57. The van der Waals surface area contributed by atoms with Crippen molar-refractivity contribution >= 4 is 5.91 Å². The fourth-order valence-corrected chi connectivity index (χ4v) is 2.62. The van der Waals surface area contributed by atoms with Gasteiger partial charge in [0.2, 0.25) is 11.6 Å². The summed E-state index contributed by atoms with van der Waals surface area (Å²) in [6, 6.07) is 3.24. The Kier molecular flexibility index (Phi) is 7.48. The summed E-state index contributed by atoms with van der Waals surface area (Å²) < 4.78 is 21.3. The van der Waals surface area contributed by atoms with Crippen LogP contribution in [0.2, 0.25) is 0 Å². The average Bonchev–Trinajstić information content (AvgIpc) is 3.19. The Morgan fingerprint density at radius 2 is 1.89 bits per heavy atom. The van der Waals surface area contributed by atoms with Gasteiger partial charge in [0.1, 0.15) is 6.26 Å². The molecule has 1 aromatic heterocycles. The van der Waals surface area contributed by atoms with Crippen molar-refractivity contribution in [3.05, 3.63) is 35.5 Å². The molecule has 2 rings (SSSR count). The first-order chi connectivity index (χ1) is 13.0. The number of nitrogens with two attached hydrogens (primary N) is 1. The predicted octanol–water partition coefficient (Wildman–Crippen LogP) is 2.82. The zero-order chi connectivity index (χ0) is 19.8. The second kappa shape index (κ2) is 9.82. The van der Waals surface area contributed by atoms with Crippen molar-refractivity contribution < 1.29 is 23.4 Å². The lowest BCUT2D eigenvalue weighted by Crippen LogP contribution is -2.23. The number of benzene rings is 1. The van der Waals surface area contributed by atoms with E-state index in [9.17, 15) is 4.79 Å². The molecule has 0 saturated carbocycles. The number of amides is 1. The molecule has 3 N–H and O–H groups in total. The van der Waals surface area contributed by atoms with Crippen molar-refractivity contribution in [1.82, 2.24) is 10.3 Å². The molecule has 1 heterocycles. The number of nitrogens with one attached hydrogen (secondary N) is 1. The molecule has 0 aliphatic heterocycles. The zero-order valence-electron chi connectivity index (χ0n) is 16.2. The zero-order valence-corrected chi connectivity index (χ0v) is 16.2. The van der Waals surface area contributed by atoms with E-state index in [4.69, 9.17) is 24.4 Å². The molecule has 2 aromatic rings. The van der Waals surface area contributed by atoms with Crippen molar-refractivity contribution in [2.45, 2.75) is 38.8 Å². The molecule has 1 aromatic carbocycles. The van der Waals surface area contributed by atoms with Crippen LogP contribution in [-0.4, -0.2) is 32.2 Å². The second-order valence-electron chi connectivity index (χ2n) is 6.04. The van der Waals surface area contributed by atoms with Crippen LogP contribution < -0.4 is 25.3 Å². The summed E-state index contributed by atoms with van der Waals surface area (Å²) in [5.41, 5.74) is 7.01. The van der Waals surface area contributed by atoms with Crippen LogP contribution in [0.4, 0.5) is 0 Å². The number of hydrogen-bond donors (Lipinski definition) is 2. The van der Waals surface area contributed by atoms with Crippen molar-refractivity contribution in [2.75, 3.05) is 21.3 Å². The number of carbonyl (C=O) groups excluding carboxylic acids is 1. The average molecular weight is 377 g/mol. The summed E-state index contributed by atoms with van der Waals surface area (Å²) in [6.07, 6.45) is 4.11. The Morgan fingerprint density at radius 1 is 1.22 bits per heavy atom. The van der Waals surface area contributed by atoms with E-state index in [1.54, 1.807) is 26.4 Å². The molecule has 0 aliphatic carbocycles. The number of carbonyl (C=O) groups is 1. The standard InChI is InChI=1S/C19H27N3O5/c1-5-6-7-13(20)19-22-14(11-27-19)18(23)21-10-12-8-15(24-2)17(26-4)16(9-12)25-3/h8-9,11,13H,5-7,10,20H2,1-4H3,(H,21,23). The largest absolute Gasteiger partial charge is 0.493 e. The molecule has 148 valence electrons. The lowest BCUT2D eigenvalue weighted by atomic mass is 10.1. The molecule has 0 fully saturated rings. The van der Waals surface area contributed by atoms with Crippen molar-refractivity contribution in [3.8, 4) is 17.2 Å². The van der Waals surface area contributed by atoms with E-state index in [1.807, 2.05) is 0 Å². The molecule has 0 aliphatic rings. The molecular formula is C19H27N3O5. The van der Waals surface area contributed by atoms with Gasteiger partial charge in [0.05, 0.1) is 27.4 Å². The number of aromatic nitrogens is 1. The molecule has 1 unspecified atom stereocenters. The number of hydrogen-bond acceptors (Lipinski definition) is 7. The lowest BCUT2D eigenvalue weighted by molar-refractivity contribution is 0.0945. The van der Waals surface area contributed by atoms with Crippen LogP contribution in [0.5, 0.6) is 17.2 Å². The minimum Gasteiger partial charge on any atom is -0.493 e. The van der Waals surface area contributed by atoms with Gasteiger partial charge in [-0.15, -0.1) is 0 Å². The predicted molar refractivity (Wildman–Crippen MR) is 100 cm³/mol. The number of oxazole rings is 1.